The average Bonchev–Trinajstić information content (AvgIpc) is 3.23. The minimum Gasteiger partial charge on any atom is -0.300 e. The fourth-order valence-electron chi connectivity index (χ4n) is 3.92. The lowest BCUT2D eigenvalue weighted by Crippen LogP contribution is -2.15. The fourth-order valence-corrected chi connectivity index (χ4v) is 3.92. The lowest BCUT2D eigenvalue weighted by molar-refractivity contribution is -0.123. The van der Waals surface area contributed by atoms with Crippen LogP contribution < -0.4 is 0 Å². The molecule has 0 bridgehead atoms. The van der Waals surface area contributed by atoms with Crippen molar-refractivity contribution in [3.8, 4) is 0 Å². The molecule has 0 spiro atoms. The molecule has 0 radical (unpaired) electrons. The van der Waals surface area contributed by atoms with Gasteiger partial charge in [-0.2, -0.15) is 0 Å². The molecule has 3 fully saturated rings. The minimum absolute atomic E-state index is 0.0667. The second-order valence-electron chi connectivity index (χ2n) is 7.37. The second kappa shape index (κ2) is 8.56. The highest BCUT2D eigenvalue weighted by Gasteiger charge is 2.26. The number of carbonyl (C=O) groups excluding carboxylic acids is 3. The van der Waals surface area contributed by atoms with Gasteiger partial charge in [-0.3, -0.25) is 14.4 Å². The van der Waals surface area contributed by atoms with Crippen LogP contribution in [-0.4, -0.2) is 17.3 Å². The summed E-state index contributed by atoms with van der Waals surface area (Å²) < 4.78 is 0. The zero-order chi connectivity index (χ0) is 16.8. The normalized spacial score (nSPS) is 25.6. The fraction of sp³-hybridized carbons (Fsp3) is 0.750. The van der Waals surface area contributed by atoms with Crippen molar-refractivity contribution < 1.29 is 14.4 Å². The number of hydrogen-bond donors (Lipinski definition) is 0. The molecular formula is C20H30O3. The molecule has 0 heterocycles. The van der Waals surface area contributed by atoms with E-state index in [0.717, 1.165) is 44.9 Å². The molecule has 0 saturated heterocycles. The van der Waals surface area contributed by atoms with Gasteiger partial charge in [0, 0.05) is 24.7 Å². The Hall–Kier alpha value is -1.25. The number of hydrogen-bond acceptors (Lipinski definition) is 3. The maximum atomic E-state index is 11.3. The van der Waals surface area contributed by atoms with Crippen LogP contribution in [0.1, 0.15) is 84.5 Å². The van der Waals surface area contributed by atoms with E-state index in [0.29, 0.717) is 11.6 Å². The first-order valence-electron chi connectivity index (χ1n) is 9.26. The van der Waals surface area contributed by atoms with Crippen LogP contribution in [0.4, 0.5) is 0 Å². The Balaban J connectivity index is 0.000000167. The molecule has 3 saturated carbocycles. The summed E-state index contributed by atoms with van der Waals surface area (Å²) in [6, 6.07) is 0. The standard InChI is InChI=1S/C10H16O2.C10H14O/c1-7(8(2)11)6-9-4-3-5-10(9)12;11-10-7-3-6-9(10)8-4-1-2-5-8/h7,9H,3-6H2,1-2H3;1-7H2. The quantitative estimate of drug-likeness (QED) is 0.716. The van der Waals surface area contributed by atoms with Crippen molar-refractivity contribution in [2.24, 2.45) is 11.8 Å². The summed E-state index contributed by atoms with van der Waals surface area (Å²) in [7, 11) is 0. The lowest BCUT2D eigenvalue weighted by Gasteiger charge is -2.11. The largest absolute Gasteiger partial charge is 0.300 e. The second-order valence-corrected chi connectivity index (χ2v) is 7.37. The smallest absolute Gasteiger partial charge is 0.158 e. The van der Waals surface area contributed by atoms with Gasteiger partial charge >= 0.3 is 0 Å². The summed E-state index contributed by atoms with van der Waals surface area (Å²) in [5.41, 5.74) is 2.70. The molecule has 3 aliphatic rings. The number of rotatable bonds is 3. The third kappa shape index (κ3) is 5.12. The summed E-state index contributed by atoms with van der Waals surface area (Å²) in [6.07, 6.45) is 11.6. The first-order valence-corrected chi connectivity index (χ1v) is 9.26. The lowest BCUT2D eigenvalue weighted by atomic mass is 9.92. The molecule has 0 aromatic heterocycles. The number of allylic oxidation sites excluding steroid dienone is 2. The molecule has 2 atom stereocenters. The van der Waals surface area contributed by atoms with Crippen molar-refractivity contribution >= 4 is 17.3 Å². The number of carbonyl (C=O) groups is 3. The Morgan fingerprint density at radius 1 is 1.00 bits per heavy atom. The maximum Gasteiger partial charge on any atom is 0.158 e. The molecule has 0 amide bonds. The highest BCUT2D eigenvalue weighted by molar-refractivity contribution is 5.98. The third-order valence-corrected chi connectivity index (χ3v) is 5.56. The molecule has 0 aromatic carbocycles. The van der Waals surface area contributed by atoms with Gasteiger partial charge in [0.2, 0.25) is 0 Å². The van der Waals surface area contributed by atoms with Crippen molar-refractivity contribution in [1.29, 1.82) is 0 Å². The van der Waals surface area contributed by atoms with Crippen LogP contribution in [0.2, 0.25) is 0 Å². The molecule has 2 unspecified atom stereocenters. The highest BCUT2D eigenvalue weighted by atomic mass is 16.1. The molecule has 0 aromatic rings. The van der Waals surface area contributed by atoms with E-state index in [1.54, 1.807) is 6.92 Å². The first kappa shape index (κ1) is 18.1. The molecule has 3 heteroatoms. The van der Waals surface area contributed by atoms with E-state index in [9.17, 15) is 14.4 Å². The molecule has 0 N–H and O–H groups in total. The van der Waals surface area contributed by atoms with E-state index >= 15 is 0 Å². The Kier molecular flexibility index (Phi) is 6.73. The zero-order valence-corrected chi connectivity index (χ0v) is 14.7. The zero-order valence-electron chi connectivity index (χ0n) is 14.7. The molecule has 3 aliphatic carbocycles. The first-order chi connectivity index (χ1) is 11.0. The molecule has 3 nitrogen and oxygen atoms in total. The van der Waals surface area contributed by atoms with Gasteiger partial charge in [-0.15, -0.1) is 0 Å². The Labute approximate surface area is 139 Å². The highest BCUT2D eigenvalue weighted by Crippen LogP contribution is 2.33. The third-order valence-electron chi connectivity index (χ3n) is 5.56. The molecule has 3 rings (SSSR count). The topological polar surface area (TPSA) is 51.2 Å². The van der Waals surface area contributed by atoms with Crippen LogP contribution in [0.25, 0.3) is 0 Å². The van der Waals surface area contributed by atoms with Gasteiger partial charge in [0.25, 0.3) is 0 Å². The average molecular weight is 318 g/mol. The van der Waals surface area contributed by atoms with Gasteiger partial charge in [0.05, 0.1) is 0 Å². The predicted octanol–water partition coefficient (Wildman–Crippen LogP) is 4.58. The van der Waals surface area contributed by atoms with Gasteiger partial charge in [-0.25, -0.2) is 0 Å². The van der Waals surface area contributed by atoms with Gasteiger partial charge in [0.15, 0.2) is 5.78 Å². The van der Waals surface area contributed by atoms with E-state index in [4.69, 9.17) is 0 Å². The van der Waals surface area contributed by atoms with Crippen molar-refractivity contribution in [3.63, 3.8) is 0 Å². The Bertz CT molecular complexity index is 493. The van der Waals surface area contributed by atoms with Gasteiger partial charge in [-0.1, -0.05) is 12.5 Å². The van der Waals surface area contributed by atoms with Crippen molar-refractivity contribution in [3.05, 3.63) is 11.1 Å². The van der Waals surface area contributed by atoms with E-state index < -0.39 is 0 Å². The summed E-state index contributed by atoms with van der Waals surface area (Å²) in [5, 5.41) is 0. The number of Topliss-reactive ketones (excluding diaryl/α,β-unsaturated/α-hetero) is 3. The van der Waals surface area contributed by atoms with Gasteiger partial charge in [-0.05, 0) is 70.3 Å². The molecule has 23 heavy (non-hydrogen) atoms. The van der Waals surface area contributed by atoms with Crippen LogP contribution in [0.5, 0.6) is 0 Å². The molecule has 0 aliphatic heterocycles. The van der Waals surface area contributed by atoms with Gasteiger partial charge in [0.1, 0.15) is 11.6 Å². The summed E-state index contributed by atoms with van der Waals surface area (Å²) in [5.74, 6) is 1.26. The van der Waals surface area contributed by atoms with E-state index in [-0.39, 0.29) is 17.6 Å². The molecular weight excluding hydrogens is 288 g/mol. The monoisotopic (exact) mass is 318 g/mol. The minimum atomic E-state index is 0.0667. The van der Waals surface area contributed by atoms with Crippen molar-refractivity contribution in [2.75, 3.05) is 0 Å². The Morgan fingerprint density at radius 2 is 1.70 bits per heavy atom. The van der Waals surface area contributed by atoms with Crippen LogP contribution in [0.3, 0.4) is 0 Å². The van der Waals surface area contributed by atoms with Crippen molar-refractivity contribution in [2.45, 2.75) is 84.5 Å². The number of ketones is 3. The maximum absolute atomic E-state index is 11.3. The van der Waals surface area contributed by atoms with Crippen LogP contribution in [0, 0.1) is 11.8 Å². The van der Waals surface area contributed by atoms with Gasteiger partial charge < -0.3 is 0 Å². The summed E-state index contributed by atoms with van der Waals surface area (Å²) in [4.78, 5) is 33.5. The van der Waals surface area contributed by atoms with E-state index in [1.807, 2.05) is 6.92 Å². The van der Waals surface area contributed by atoms with Crippen LogP contribution in [0.15, 0.2) is 11.1 Å². The van der Waals surface area contributed by atoms with Crippen LogP contribution >= 0.6 is 0 Å². The Morgan fingerprint density at radius 3 is 2.17 bits per heavy atom. The van der Waals surface area contributed by atoms with E-state index in [2.05, 4.69) is 0 Å². The summed E-state index contributed by atoms with van der Waals surface area (Å²) >= 11 is 0. The summed E-state index contributed by atoms with van der Waals surface area (Å²) in [6.45, 7) is 3.51. The predicted molar refractivity (Wildman–Crippen MR) is 91.2 cm³/mol. The SMILES string of the molecule is CC(=O)C(C)CC1CCCC1=O.O=C1CCCC1=C1CCCC1. The van der Waals surface area contributed by atoms with Crippen LogP contribution in [-0.2, 0) is 14.4 Å². The van der Waals surface area contributed by atoms with Crippen molar-refractivity contribution in [1.82, 2.24) is 0 Å². The van der Waals surface area contributed by atoms with E-state index in [1.165, 1.54) is 36.8 Å². The molecule has 128 valence electrons.